The molecule has 0 spiro atoms. The fraction of sp³-hybridized carbons (Fsp3) is 0.300. The Morgan fingerprint density at radius 2 is 1.66 bits per heavy atom. The van der Waals surface area contributed by atoms with Gasteiger partial charge >= 0.3 is 0 Å². The summed E-state index contributed by atoms with van der Waals surface area (Å²) < 4.78 is 56.2. The standard InChI is InChI=1S/C20H19F4N3OS/c1-3-26(4-2)8-9-27(19(28)17-13(22)6-5-7-14(17)23)20-25-18-15(24)10-12(21)11-16(18)29-20/h5-7,10-11H,3-4,8-9H2,1-2H3. The van der Waals surface area contributed by atoms with E-state index in [4.69, 9.17) is 0 Å². The van der Waals surface area contributed by atoms with Crippen molar-refractivity contribution in [2.45, 2.75) is 13.8 Å². The zero-order valence-electron chi connectivity index (χ0n) is 15.9. The summed E-state index contributed by atoms with van der Waals surface area (Å²) >= 11 is 0.886. The van der Waals surface area contributed by atoms with Gasteiger partial charge in [0.15, 0.2) is 10.9 Å². The van der Waals surface area contributed by atoms with E-state index in [0.717, 1.165) is 40.5 Å². The van der Waals surface area contributed by atoms with E-state index in [1.54, 1.807) is 0 Å². The van der Waals surface area contributed by atoms with E-state index in [2.05, 4.69) is 4.98 Å². The third-order valence-electron chi connectivity index (χ3n) is 4.59. The minimum Gasteiger partial charge on any atom is -0.302 e. The molecule has 0 bridgehead atoms. The predicted molar refractivity (Wildman–Crippen MR) is 105 cm³/mol. The van der Waals surface area contributed by atoms with Crippen LogP contribution in [-0.2, 0) is 0 Å². The molecule has 3 aromatic rings. The lowest BCUT2D eigenvalue weighted by Crippen LogP contribution is -2.39. The average molecular weight is 425 g/mol. The smallest absolute Gasteiger partial charge is 0.266 e. The van der Waals surface area contributed by atoms with Crippen LogP contribution in [0.2, 0.25) is 0 Å². The zero-order valence-corrected chi connectivity index (χ0v) is 16.7. The molecule has 2 aromatic carbocycles. The quantitative estimate of drug-likeness (QED) is 0.508. The summed E-state index contributed by atoms with van der Waals surface area (Å²) in [5.74, 6) is -4.56. The summed E-state index contributed by atoms with van der Waals surface area (Å²) in [6.45, 7) is 5.82. The van der Waals surface area contributed by atoms with Gasteiger partial charge in [0.1, 0.15) is 28.5 Å². The second-order valence-electron chi connectivity index (χ2n) is 6.31. The Kier molecular flexibility index (Phi) is 6.49. The molecule has 4 nitrogen and oxygen atoms in total. The SMILES string of the molecule is CCN(CC)CCN(C(=O)c1c(F)cccc1F)c1nc2c(F)cc(F)cc2s1. The average Bonchev–Trinajstić information content (AvgIpc) is 3.09. The molecule has 0 saturated heterocycles. The Bertz CT molecular complexity index is 1020. The molecule has 9 heteroatoms. The Balaban J connectivity index is 2.05. The molecule has 154 valence electrons. The molecule has 0 aliphatic rings. The van der Waals surface area contributed by atoms with Gasteiger partial charge in [-0.25, -0.2) is 22.5 Å². The lowest BCUT2D eigenvalue weighted by Gasteiger charge is -2.25. The van der Waals surface area contributed by atoms with Crippen LogP contribution in [0.5, 0.6) is 0 Å². The molecule has 29 heavy (non-hydrogen) atoms. The molecule has 0 radical (unpaired) electrons. The van der Waals surface area contributed by atoms with Crippen LogP contribution in [0.25, 0.3) is 10.2 Å². The topological polar surface area (TPSA) is 36.4 Å². The maximum absolute atomic E-state index is 14.2. The van der Waals surface area contributed by atoms with Gasteiger partial charge in [-0.15, -0.1) is 0 Å². The van der Waals surface area contributed by atoms with Crippen molar-refractivity contribution in [2.75, 3.05) is 31.1 Å². The monoisotopic (exact) mass is 425 g/mol. The summed E-state index contributed by atoms with van der Waals surface area (Å²) in [4.78, 5) is 20.3. The van der Waals surface area contributed by atoms with Crippen LogP contribution in [-0.4, -0.2) is 42.0 Å². The normalized spacial score (nSPS) is 11.4. The number of rotatable bonds is 7. The van der Waals surface area contributed by atoms with Crippen LogP contribution in [0.15, 0.2) is 30.3 Å². The minimum atomic E-state index is -0.999. The molecule has 1 amide bonds. The van der Waals surface area contributed by atoms with Crippen LogP contribution >= 0.6 is 11.3 Å². The fourth-order valence-corrected chi connectivity index (χ4v) is 3.99. The van der Waals surface area contributed by atoms with E-state index in [1.807, 2.05) is 18.7 Å². The highest BCUT2D eigenvalue weighted by atomic mass is 32.1. The highest BCUT2D eigenvalue weighted by Gasteiger charge is 2.27. The molecule has 0 fully saturated rings. The second kappa shape index (κ2) is 8.87. The van der Waals surface area contributed by atoms with Gasteiger partial charge in [-0.05, 0) is 31.3 Å². The Morgan fingerprint density at radius 3 is 2.28 bits per heavy atom. The van der Waals surface area contributed by atoms with Gasteiger partial charge in [0.2, 0.25) is 0 Å². The third-order valence-corrected chi connectivity index (χ3v) is 5.61. The van der Waals surface area contributed by atoms with Gasteiger partial charge in [0.25, 0.3) is 5.91 Å². The number of carbonyl (C=O) groups is 1. The number of halogens is 4. The number of carbonyl (C=O) groups excluding carboxylic acids is 1. The lowest BCUT2D eigenvalue weighted by atomic mass is 10.1. The number of hydrogen-bond acceptors (Lipinski definition) is 4. The summed E-state index contributed by atoms with van der Waals surface area (Å²) in [7, 11) is 0. The van der Waals surface area contributed by atoms with Crippen molar-refractivity contribution in [2.24, 2.45) is 0 Å². The van der Waals surface area contributed by atoms with Gasteiger partial charge in [-0.3, -0.25) is 9.69 Å². The molecular formula is C20H19F4N3OS. The number of amides is 1. The molecule has 0 aliphatic heterocycles. The molecule has 0 aliphatic carbocycles. The first-order chi connectivity index (χ1) is 13.8. The Morgan fingerprint density at radius 1 is 1.00 bits per heavy atom. The van der Waals surface area contributed by atoms with Crippen LogP contribution < -0.4 is 4.90 Å². The molecule has 0 saturated carbocycles. The predicted octanol–water partition coefficient (Wildman–Crippen LogP) is 4.84. The van der Waals surface area contributed by atoms with Crippen molar-refractivity contribution in [3.63, 3.8) is 0 Å². The van der Waals surface area contributed by atoms with E-state index in [1.165, 1.54) is 0 Å². The number of hydrogen-bond donors (Lipinski definition) is 0. The third kappa shape index (κ3) is 4.40. The minimum absolute atomic E-state index is 0.0457. The highest BCUT2D eigenvalue weighted by Crippen LogP contribution is 2.32. The van der Waals surface area contributed by atoms with Crippen molar-refractivity contribution in [1.82, 2.24) is 9.88 Å². The van der Waals surface area contributed by atoms with Gasteiger partial charge in [0, 0.05) is 19.2 Å². The first-order valence-corrected chi connectivity index (χ1v) is 9.91. The first kappa shape index (κ1) is 21.2. The van der Waals surface area contributed by atoms with Gasteiger partial charge in [-0.2, -0.15) is 0 Å². The van der Waals surface area contributed by atoms with Crippen molar-refractivity contribution in [1.29, 1.82) is 0 Å². The van der Waals surface area contributed by atoms with Gasteiger partial charge in [-0.1, -0.05) is 31.3 Å². The summed E-state index contributed by atoms with van der Waals surface area (Å²) in [5.41, 5.74) is -0.806. The Labute approximate surface area is 169 Å². The van der Waals surface area contributed by atoms with E-state index in [-0.39, 0.29) is 21.9 Å². The molecule has 0 atom stereocenters. The zero-order chi connectivity index (χ0) is 21.1. The first-order valence-electron chi connectivity index (χ1n) is 9.09. The van der Waals surface area contributed by atoms with Crippen LogP contribution in [0.4, 0.5) is 22.7 Å². The van der Waals surface area contributed by atoms with E-state index >= 15 is 0 Å². The van der Waals surface area contributed by atoms with Crippen molar-refractivity contribution in [3.8, 4) is 0 Å². The number of anilines is 1. The van der Waals surface area contributed by atoms with Crippen LogP contribution in [0.3, 0.4) is 0 Å². The lowest BCUT2D eigenvalue weighted by molar-refractivity contribution is 0.0975. The van der Waals surface area contributed by atoms with Crippen LogP contribution in [0, 0.1) is 23.3 Å². The number of thiazole rings is 1. The number of likely N-dealkylation sites (N-methyl/N-ethyl adjacent to an activating group) is 1. The van der Waals surface area contributed by atoms with Gasteiger partial charge < -0.3 is 4.90 Å². The molecular weight excluding hydrogens is 406 g/mol. The van der Waals surface area contributed by atoms with E-state index in [9.17, 15) is 22.4 Å². The molecule has 0 unspecified atom stereocenters. The van der Waals surface area contributed by atoms with E-state index < -0.39 is 34.7 Å². The summed E-state index contributed by atoms with van der Waals surface area (Å²) in [5, 5.41) is 0.0457. The van der Waals surface area contributed by atoms with Gasteiger partial charge in [0.05, 0.1) is 4.70 Å². The largest absolute Gasteiger partial charge is 0.302 e. The van der Waals surface area contributed by atoms with Crippen LogP contribution in [0.1, 0.15) is 24.2 Å². The molecule has 1 heterocycles. The number of benzene rings is 2. The highest BCUT2D eigenvalue weighted by molar-refractivity contribution is 7.22. The van der Waals surface area contributed by atoms with Crippen molar-refractivity contribution < 1.29 is 22.4 Å². The Hall–Kier alpha value is -2.52. The summed E-state index contributed by atoms with van der Waals surface area (Å²) in [6.07, 6.45) is 0. The fourth-order valence-electron chi connectivity index (χ4n) is 2.96. The summed E-state index contributed by atoms with van der Waals surface area (Å²) in [6, 6.07) is 4.96. The molecule has 3 rings (SSSR count). The maximum Gasteiger partial charge on any atom is 0.266 e. The van der Waals surface area contributed by atoms with E-state index in [0.29, 0.717) is 25.7 Å². The number of nitrogens with zero attached hydrogens (tertiary/aromatic N) is 3. The van der Waals surface area contributed by atoms with Crippen molar-refractivity contribution >= 4 is 32.6 Å². The number of aromatic nitrogens is 1. The van der Waals surface area contributed by atoms with Crippen molar-refractivity contribution in [3.05, 3.63) is 59.2 Å². The maximum atomic E-state index is 14.2. The second-order valence-corrected chi connectivity index (χ2v) is 7.32. The number of fused-ring (bicyclic) bond motifs is 1. The molecule has 1 aromatic heterocycles. The molecule has 0 N–H and O–H groups in total.